The SMILES string of the molecule is C/C=C/S(=O)(=O)N1CCC(Nc2ncc3ccc(=O)n([C@@H]4CCC[C@@]4(C)O)c3n2)CC1. The van der Waals surface area contributed by atoms with Crippen LogP contribution < -0.4 is 10.9 Å². The number of hydrogen-bond donors (Lipinski definition) is 2. The second-order valence-electron chi connectivity index (χ2n) is 8.61. The summed E-state index contributed by atoms with van der Waals surface area (Å²) in [6.45, 7) is 4.31. The third-order valence-electron chi connectivity index (χ3n) is 6.31. The zero-order valence-electron chi connectivity index (χ0n) is 17.9. The summed E-state index contributed by atoms with van der Waals surface area (Å²) >= 11 is 0. The maximum atomic E-state index is 12.7. The second-order valence-corrected chi connectivity index (χ2v) is 10.4. The van der Waals surface area contributed by atoms with Crippen molar-refractivity contribution in [3.63, 3.8) is 0 Å². The first kappa shape index (κ1) is 21.9. The summed E-state index contributed by atoms with van der Waals surface area (Å²) < 4.78 is 27.4. The lowest BCUT2D eigenvalue weighted by atomic mass is 10.00. The fourth-order valence-corrected chi connectivity index (χ4v) is 5.88. The molecule has 2 aliphatic rings. The molecule has 1 saturated heterocycles. The zero-order chi connectivity index (χ0) is 22.2. The number of piperidine rings is 1. The third-order valence-corrected chi connectivity index (χ3v) is 8.01. The maximum Gasteiger partial charge on any atom is 0.252 e. The Balaban J connectivity index is 1.56. The van der Waals surface area contributed by atoms with E-state index in [4.69, 9.17) is 0 Å². The monoisotopic (exact) mass is 447 g/mol. The first-order chi connectivity index (χ1) is 14.7. The Morgan fingerprint density at radius 1 is 1.26 bits per heavy atom. The number of allylic oxidation sites excluding steroid dienone is 1. The van der Waals surface area contributed by atoms with Gasteiger partial charge in [-0.25, -0.2) is 13.4 Å². The van der Waals surface area contributed by atoms with Crippen molar-refractivity contribution < 1.29 is 13.5 Å². The number of aliphatic hydroxyl groups is 1. The highest BCUT2D eigenvalue weighted by molar-refractivity contribution is 7.92. The van der Waals surface area contributed by atoms with Crippen LogP contribution in [-0.4, -0.2) is 57.1 Å². The first-order valence-corrected chi connectivity index (χ1v) is 12.2. The van der Waals surface area contributed by atoms with Gasteiger partial charge < -0.3 is 10.4 Å². The average molecular weight is 448 g/mol. The van der Waals surface area contributed by atoms with E-state index in [1.807, 2.05) is 0 Å². The molecule has 2 atom stereocenters. The molecule has 9 nitrogen and oxygen atoms in total. The van der Waals surface area contributed by atoms with E-state index in [0.717, 1.165) is 18.2 Å². The van der Waals surface area contributed by atoms with Crippen LogP contribution in [0.5, 0.6) is 0 Å². The van der Waals surface area contributed by atoms with Crippen molar-refractivity contribution in [2.75, 3.05) is 18.4 Å². The van der Waals surface area contributed by atoms with Crippen LogP contribution in [0.3, 0.4) is 0 Å². The molecular formula is C21H29N5O4S. The molecule has 31 heavy (non-hydrogen) atoms. The molecule has 4 rings (SSSR count). The lowest BCUT2D eigenvalue weighted by Gasteiger charge is -2.31. The number of nitrogens with one attached hydrogen (secondary N) is 1. The first-order valence-electron chi connectivity index (χ1n) is 10.7. The molecule has 0 spiro atoms. The summed E-state index contributed by atoms with van der Waals surface area (Å²) in [6.07, 6.45) is 6.70. The molecule has 1 aliphatic heterocycles. The predicted molar refractivity (Wildman–Crippen MR) is 119 cm³/mol. The van der Waals surface area contributed by atoms with Gasteiger partial charge in [0.25, 0.3) is 5.56 Å². The molecule has 2 aromatic rings. The Kier molecular flexibility index (Phi) is 5.89. The zero-order valence-corrected chi connectivity index (χ0v) is 18.7. The average Bonchev–Trinajstić information content (AvgIpc) is 3.07. The molecule has 1 aliphatic carbocycles. The van der Waals surface area contributed by atoms with E-state index < -0.39 is 15.6 Å². The fraction of sp³-hybridized carbons (Fsp3) is 0.571. The number of fused-ring (bicyclic) bond motifs is 1. The molecule has 2 fully saturated rings. The topological polar surface area (TPSA) is 117 Å². The summed E-state index contributed by atoms with van der Waals surface area (Å²) in [7, 11) is -3.36. The van der Waals surface area contributed by atoms with Crippen molar-refractivity contribution in [2.45, 2.75) is 63.6 Å². The Morgan fingerprint density at radius 3 is 2.65 bits per heavy atom. The van der Waals surface area contributed by atoms with E-state index in [9.17, 15) is 18.3 Å². The summed E-state index contributed by atoms with van der Waals surface area (Å²) in [5.41, 5.74) is -0.640. The van der Waals surface area contributed by atoms with Gasteiger partial charge in [-0.15, -0.1) is 0 Å². The minimum absolute atomic E-state index is 0.0352. The highest BCUT2D eigenvalue weighted by Gasteiger charge is 2.39. The summed E-state index contributed by atoms with van der Waals surface area (Å²) in [6, 6.07) is 2.90. The minimum atomic E-state index is -3.36. The number of aromatic nitrogens is 3. The standard InChI is InChI=1S/C21H29N5O4S/c1-3-13-31(29,30)25-11-8-16(9-12-25)23-20-22-14-15-6-7-18(27)26(19(15)24-20)17-5-4-10-21(17,2)28/h3,6-7,13-14,16-17,28H,4-5,8-12H2,1-2H3,(H,22,23,24)/b13-3+/t17-,21-/m1/s1. The summed E-state index contributed by atoms with van der Waals surface area (Å²) in [5, 5.41) is 16.0. The highest BCUT2D eigenvalue weighted by Crippen LogP contribution is 2.39. The number of sulfonamides is 1. The van der Waals surface area contributed by atoms with Gasteiger partial charge in [-0.3, -0.25) is 9.36 Å². The van der Waals surface area contributed by atoms with E-state index in [1.54, 1.807) is 30.7 Å². The Labute approximate surface area is 181 Å². The molecule has 2 N–H and O–H groups in total. The van der Waals surface area contributed by atoms with Crippen LogP contribution in [0.4, 0.5) is 5.95 Å². The summed E-state index contributed by atoms with van der Waals surface area (Å²) in [4.78, 5) is 21.7. The van der Waals surface area contributed by atoms with Crippen LogP contribution in [0.15, 0.2) is 34.6 Å². The highest BCUT2D eigenvalue weighted by atomic mass is 32.2. The Hall–Kier alpha value is -2.30. The van der Waals surface area contributed by atoms with Crippen LogP contribution in [0, 0.1) is 0 Å². The van der Waals surface area contributed by atoms with Gasteiger partial charge in [0, 0.05) is 42.2 Å². The van der Waals surface area contributed by atoms with Crippen molar-refractivity contribution in [2.24, 2.45) is 0 Å². The molecule has 0 amide bonds. The smallest absolute Gasteiger partial charge is 0.252 e. The Morgan fingerprint density at radius 2 is 2.00 bits per heavy atom. The van der Waals surface area contributed by atoms with Gasteiger partial charge >= 0.3 is 0 Å². The number of pyridine rings is 1. The van der Waals surface area contributed by atoms with Gasteiger partial charge in [-0.05, 0) is 52.0 Å². The molecule has 0 aromatic carbocycles. The van der Waals surface area contributed by atoms with Crippen LogP contribution in [-0.2, 0) is 10.0 Å². The number of nitrogens with zero attached hydrogens (tertiary/aromatic N) is 4. The van der Waals surface area contributed by atoms with Crippen LogP contribution in [0.1, 0.15) is 52.0 Å². The Bertz CT molecular complexity index is 1150. The predicted octanol–water partition coefficient (Wildman–Crippen LogP) is 2.01. The molecule has 1 saturated carbocycles. The lowest BCUT2D eigenvalue weighted by molar-refractivity contribution is 0.0267. The van der Waals surface area contributed by atoms with Gasteiger partial charge in [0.2, 0.25) is 16.0 Å². The van der Waals surface area contributed by atoms with Crippen molar-refractivity contribution in [3.8, 4) is 0 Å². The largest absolute Gasteiger partial charge is 0.388 e. The van der Waals surface area contributed by atoms with Gasteiger partial charge in [0.1, 0.15) is 5.65 Å². The van der Waals surface area contributed by atoms with Gasteiger partial charge in [0.15, 0.2) is 0 Å². The fourth-order valence-electron chi connectivity index (χ4n) is 4.64. The number of anilines is 1. The van der Waals surface area contributed by atoms with Crippen molar-refractivity contribution in [1.82, 2.24) is 18.8 Å². The number of hydrogen-bond acceptors (Lipinski definition) is 7. The van der Waals surface area contributed by atoms with E-state index in [0.29, 0.717) is 43.9 Å². The van der Waals surface area contributed by atoms with E-state index in [1.165, 1.54) is 21.9 Å². The van der Waals surface area contributed by atoms with Gasteiger partial charge in [-0.2, -0.15) is 9.29 Å². The molecule has 0 bridgehead atoms. The van der Waals surface area contributed by atoms with E-state index in [-0.39, 0.29) is 17.6 Å². The lowest BCUT2D eigenvalue weighted by Crippen LogP contribution is -2.41. The minimum Gasteiger partial charge on any atom is -0.388 e. The maximum absolute atomic E-state index is 12.7. The van der Waals surface area contributed by atoms with Crippen LogP contribution >= 0.6 is 0 Å². The summed E-state index contributed by atoms with van der Waals surface area (Å²) in [5.74, 6) is 0.402. The molecule has 168 valence electrons. The quantitative estimate of drug-likeness (QED) is 0.720. The molecular weight excluding hydrogens is 418 g/mol. The molecule has 10 heteroatoms. The molecule has 0 radical (unpaired) electrons. The van der Waals surface area contributed by atoms with E-state index >= 15 is 0 Å². The van der Waals surface area contributed by atoms with Crippen molar-refractivity contribution in [1.29, 1.82) is 0 Å². The van der Waals surface area contributed by atoms with Crippen molar-refractivity contribution in [3.05, 3.63) is 40.2 Å². The normalized spacial score (nSPS) is 26.1. The van der Waals surface area contributed by atoms with Crippen LogP contribution in [0.25, 0.3) is 11.0 Å². The molecule has 3 heterocycles. The number of rotatable bonds is 5. The molecule has 0 unspecified atom stereocenters. The second kappa shape index (κ2) is 8.33. The molecule has 2 aromatic heterocycles. The third kappa shape index (κ3) is 4.37. The van der Waals surface area contributed by atoms with Crippen molar-refractivity contribution >= 4 is 27.0 Å². The van der Waals surface area contributed by atoms with Crippen LogP contribution in [0.2, 0.25) is 0 Å². The van der Waals surface area contributed by atoms with Gasteiger partial charge in [0.05, 0.1) is 11.6 Å². The van der Waals surface area contributed by atoms with Gasteiger partial charge in [-0.1, -0.05) is 6.08 Å². The van der Waals surface area contributed by atoms with E-state index in [2.05, 4.69) is 15.3 Å².